The van der Waals surface area contributed by atoms with Crippen LogP contribution in [0.3, 0.4) is 0 Å². The van der Waals surface area contributed by atoms with Crippen molar-refractivity contribution >= 4 is 5.97 Å². The van der Waals surface area contributed by atoms with E-state index in [9.17, 15) is 4.79 Å². The Balaban J connectivity index is 1.26. The molecule has 53 heavy (non-hydrogen) atoms. The van der Waals surface area contributed by atoms with Gasteiger partial charge in [-0.25, -0.2) is 9.80 Å². The molecule has 0 amide bonds. The highest BCUT2D eigenvalue weighted by Crippen LogP contribution is 2.41. The van der Waals surface area contributed by atoms with Crippen molar-refractivity contribution in [3.8, 4) is 22.5 Å². The number of benzene rings is 5. The minimum atomic E-state index is -0.864. The highest BCUT2D eigenvalue weighted by molar-refractivity contribution is 5.91. The summed E-state index contributed by atoms with van der Waals surface area (Å²) in [6.07, 6.45) is 1.61. The van der Waals surface area contributed by atoms with Crippen LogP contribution >= 0.6 is 0 Å². The lowest BCUT2D eigenvalue weighted by atomic mass is 9.77. The summed E-state index contributed by atoms with van der Waals surface area (Å²) in [5.74, 6) is 0.250. The number of tetrazole rings is 1. The molecule has 1 atom stereocenters. The molecule has 0 fully saturated rings. The SMILES string of the molecule is CCCN1NC(C(C)(C)C)=C(C(=O)OC)C1Cc1ccc(-c2ccccc2-c2nnn(C(c3ccccc3)(c3ccccc3)c3ccccc3)n2)cc1. The number of hydrazine groups is 1. The van der Waals surface area contributed by atoms with Crippen LogP contribution < -0.4 is 5.43 Å². The molecular weight excluding hydrogens is 657 g/mol. The Hall–Kier alpha value is -5.86. The quantitative estimate of drug-likeness (QED) is 0.107. The normalized spacial score (nSPS) is 15.0. The van der Waals surface area contributed by atoms with Gasteiger partial charge in [0.2, 0.25) is 5.82 Å². The third-order valence-corrected chi connectivity index (χ3v) is 10.0. The number of carbonyl (C=O) groups is 1. The third-order valence-electron chi connectivity index (χ3n) is 10.0. The fourth-order valence-corrected chi connectivity index (χ4v) is 7.51. The molecule has 0 saturated carbocycles. The molecule has 5 aromatic carbocycles. The molecule has 0 radical (unpaired) electrons. The Morgan fingerprint density at radius 1 is 0.736 bits per heavy atom. The van der Waals surface area contributed by atoms with Gasteiger partial charge >= 0.3 is 5.97 Å². The molecule has 1 aliphatic heterocycles. The molecule has 1 aliphatic rings. The van der Waals surface area contributed by atoms with Crippen molar-refractivity contribution in [3.05, 3.63) is 173 Å². The number of hydrogen-bond acceptors (Lipinski definition) is 7. The Bertz CT molecular complexity index is 2090. The van der Waals surface area contributed by atoms with Crippen LogP contribution in [0.2, 0.25) is 0 Å². The van der Waals surface area contributed by atoms with Gasteiger partial charge in [0.15, 0.2) is 5.54 Å². The van der Waals surface area contributed by atoms with Gasteiger partial charge in [-0.1, -0.05) is 167 Å². The van der Waals surface area contributed by atoms with E-state index in [2.05, 4.69) is 105 Å². The minimum Gasteiger partial charge on any atom is -0.466 e. The molecule has 0 bridgehead atoms. The maximum absolute atomic E-state index is 13.2. The van der Waals surface area contributed by atoms with Crippen molar-refractivity contribution in [1.29, 1.82) is 0 Å². The van der Waals surface area contributed by atoms with E-state index in [1.165, 1.54) is 7.11 Å². The zero-order valence-corrected chi connectivity index (χ0v) is 31.0. The average Bonchev–Trinajstić information content (AvgIpc) is 3.83. The summed E-state index contributed by atoms with van der Waals surface area (Å²) in [5.41, 5.74) is 11.2. The van der Waals surface area contributed by atoms with Gasteiger partial charge in [0, 0.05) is 23.2 Å². The topological polar surface area (TPSA) is 85.2 Å². The molecule has 0 aliphatic carbocycles. The lowest BCUT2D eigenvalue weighted by molar-refractivity contribution is -0.136. The summed E-state index contributed by atoms with van der Waals surface area (Å²) in [6.45, 7) is 9.32. The number of ether oxygens (including phenoxy) is 1. The molecule has 0 saturated heterocycles. The lowest BCUT2D eigenvalue weighted by Crippen LogP contribution is -2.42. The van der Waals surface area contributed by atoms with Crippen LogP contribution in [0.5, 0.6) is 0 Å². The van der Waals surface area contributed by atoms with Crippen LogP contribution in [0.15, 0.2) is 151 Å². The van der Waals surface area contributed by atoms with Gasteiger partial charge in [0.05, 0.1) is 18.7 Å². The monoisotopic (exact) mass is 702 g/mol. The number of nitrogens with zero attached hydrogens (tertiary/aromatic N) is 5. The van der Waals surface area contributed by atoms with Gasteiger partial charge < -0.3 is 10.2 Å². The van der Waals surface area contributed by atoms with Crippen molar-refractivity contribution in [2.75, 3.05) is 13.7 Å². The van der Waals surface area contributed by atoms with Crippen LogP contribution in [-0.4, -0.2) is 50.9 Å². The number of allylic oxidation sites excluding steroid dienone is 1. The van der Waals surface area contributed by atoms with Gasteiger partial charge in [0.25, 0.3) is 0 Å². The zero-order chi connectivity index (χ0) is 37.0. The molecule has 2 heterocycles. The van der Waals surface area contributed by atoms with Crippen LogP contribution in [0.25, 0.3) is 22.5 Å². The molecule has 8 heteroatoms. The minimum absolute atomic E-state index is 0.145. The van der Waals surface area contributed by atoms with Crippen molar-refractivity contribution in [3.63, 3.8) is 0 Å². The van der Waals surface area contributed by atoms with Crippen molar-refractivity contribution in [2.24, 2.45) is 5.41 Å². The first-order valence-corrected chi connectivity index (χ1v) is 18.3. The molecule has 0 spiro atoms. The summed E-state index contributed by atoms with van der Waals surface area (Å²) < 4.78 is 5.30. The van der Waals surface area contributed by atoms with E-state index in [1.54, 1.807) is 4.80 Å². The average molecular weight is 703 g/mol. The second kappa shape index (κ2) is 15.0. The number of nitrogens with one attached hydrogen (secondary N) is 1. The molecule has 8 nitrogen and oxygen atoms in total. The van der Waals surface area contributed by atoms with Crippen LogP contribution in [0.4, 0.5) is 0 Å². The first kappa shape index (κ1) is 35.5. The fourth-order valence-electron chi connectivity index (χ4n) is 7.51. The predicted molar refractivity (Wildman–Crippen MR) is 209 cm³/mol. The Kier molecular flexibility index (Phi) is 10.1. The van der Waals surface area contributed by atoms with E-state index in [0.717, 1.165) is 57.6 Å². The standard InChI is InChI=1S/C45H46N6O2/c1-6-30-50-39(40(43(52)53-5)41(47-50)44(2,3)4)31-32-26-28-33(29-27-32)37-24-16-17-25-38(37)42-46-49-51(48-42)45(34-18-10-7-11-19-34,35-20-12-8-13-21-35)36-22-14-9-15-23-36/h7-29,39,47H,6,30-31H2,1-5H3. The largest absolute Gasteiger partial charge is 0.466 e. The maximum atomic E-state index is 13.2. The van der Waals surface area contributed by atoms with Crippen LogP contribution in [0, 0.1) is 5.41 Å². The molecular formula is C45H46N6O2. The second-order valence-electron chi connectivity index (χ2n) is 14.5. The fraction of sp³-hybridized carbons (Fsp3) is 0.244. The molecule has 7 rings (SSSR count). The van der Waals surface area contributed by atoms with E-state index in [1.807, 2.05) is 72.8 Å². The third kappa shape index (κ3) is 6.78. The summed E-state index contributed by atoms with van der Waals surface area (Å²) in [4.78, 5) is 14.9. The summed E-state index contributed by atoms with van der Waals surface area (Å²) >= 11 is 0. The van der Waals surface area contributed by atoms with Crippen LogP contribution in [-0.2, 0) is 21.5 Å². The number of aromatic nitrogens is 4. The van der Waals surface area contributed by atoms with E-state index in [0.29, 0.717) is 17.8 Å². The maximum Gasteiger partial charge on any atom is 0.337 e. The number of methoxy groups -OCH3 is 1. The van der Waals surface area contributed by atoms with Gasteiger partial charge in [-0.3, -0.25) is 0 Å². The molecule has 1 N–H and O–H groups in total. The van der Waals surface area contributed by atoms with Gasteiger partial charge in [-0.15, -0.1) is 15.0 Å². The Morgan fingerprint density at radius 3 is 1.77 bits per heavy atom. The summed E-state index contributed by atoms with van der Waals surface area (Å²) in [5, 5.41) is 16.9. The molecule has 6 aromatic rings. The number of hydrogen-bond donors (Lipinski definition) is 1. The smallest absolute Gasteiger partial charge is 0.337 e. The molecule has 268 valence electrons. The zero-order valence-electron chi connectivity index (χ0n) is 31.0. The van der Waals surface area contributed by atoms with Crippen LogP contribution in [0.1, 0.15) is 56.4 Å². The van der Waals surface area contributed by atoms with E-state index >= 15 is 0 Å². The Morgan fingerprint density at radius 2 is 1.26 bits per heavy atom. The number of carbonyl (C=O) groups excluding carboxylic acids is 1. The van der Waals surface area contributed by atoms with Crippen molar-refractivity contribution in [1.82, 2.24) is 30.6 Å². The first-order valence-electron chi connectivity index (χ1n) is 18.3. The van der Waals surface area contributed by atoms with Gasteiger partial charge in [-0.05, 0) is 51.4 Å². The van der Waals surface area contributed by atoms with Gasteiger partial charge in [-0.2, -0.15) is 0 Å². The molecule has 1 unspecified atom stereocenters. The predicted octanol–water partition coefficient (Wildman–Crippen LogP) is 8.46. The first-order chi connectivity index (χ1) is 25.7. The number of rotatable bonds is 11. The Labute approximate surface area is 312 Å². The second-order valence-corrected chi connectivity index (χ2v) is 14.5. The van der Waals surface area contributed by atoms with E-state index < -0.39 is 5.54 Å². The van der Waals surface area contributed by atoms with Gasteiger partial charge in [0.1, 0.15) is 0 Å². The van der Waals surface area contributed by atoms with Crippen molar-refractivity contribution in [2.45, 2.75) is 52.1 Å². The lowest BCUT2D eigenvalue weighted by Gasteiger charge is -2.34. The highest BCUT2D eigenvalue weighted by Gasteiger charge is 2.42. The van der Waals surface area contributed by atoms with E-state index in [-0.39, 0.29) is 17.4 Å². The van der Waals surface area contributed by atoms with Crippen molar-refractivity contribution < 1.29 is 9.53 Å². The summed E-state index contributed by atoms with van der Waals surface area (Å²) in [6, 6.07) is 47.7. The highest BCUT2D eigenvalue weighted by atomic mass is 16.5. The molecule has 1 aromatic heterocycles. The number of esters is 1. The van der Waals surface area contributed by atoms with E-state index in [4.69, 9.17) is 20.1 Å². The summed E-state index contributed by atoms with van der Waals surface area (Å²) in [7, 11) is 1.46.